The van der Waals surface area contributed by atoms with Crippen LogP contribution in [-0.4, -0.2) is 11.7 Å². The van der Waals surface area contributed by atoms with E-state index in [0.29, 0.717) is 0 Å². The molecule has 0 bridgehead atoms. The molecule has 0 fully saturated rings. The summed E-state index contributed by atoms with van der Waals surface area (Å²) in [7, 11) is 0. The first-order chi connectivity index (χ1) is 6.27. The monoisotopic (exact) mass is 240 g/mol. The molecule has 0 amide bonds. The summed E-state index contributed by atoms with van der Waals surface area (Å²) in [5.41, 5.74) is 1.16. The number of aliphatic hydroxyl groups is 1. The van der Waals surface area contributed by atoms with Crippen LogP contribution in [0.5, 0.6) is 0 Å². The lowest BCUT2D eigenvalue weighted by molar-refractivity contribution is 0.266. The average Bonchev–Trinajstić information content (AvgIpc) is 2.16. The van der Waals surface area contributed by atoms with E-state index in [1.807, 2.05) is 30.3 Å². The second kappa shape index (κ2) is 5.20. The number of allylic oxidation sites excluding steroid dienone is 1. The van der Waals surface area contributed by atoms with Gasteiger partial charge in [-0.15, -0.1) is 6.58 Å². The van der Waals surface area contributed by atoms with Crippen LogP contribution in [0.4, 0.5) is 0 Å². The highest BCUT2D eigenvalue weighted by Gasteiger charge is 2.07. The molecular formula is C11H13BrO. The number of hydrogen-bond donors (Lipinski definition) is 1. The molecule has 70 valence electrons. The van der Waals surface area contributed by atoms with Gasteiger partial charge in [-0.05, 0) is 24.1 Å². The molecule has 0 aliphatic carbocycles. The zero-order chi connectivity index (χ0) is 9.68. The Balaban J connectivity index is 2.78. The summed E-state index contributed by atoms with van der Waals surface area (Å²) in [6.45, 7) is 3.85. The predicted octanol–water partition coefficient (Wildman–Crippen LogP) is 3.10. The summed E-state index contributed by atoms with van der Waals surface area (Å²) in [6.07, 6.45) is 2.65. The Hall–Kier alpha value is -0.600. The van der Waals surface area contributed by atoms with Gasteiger partial charge >= 0.3 is 0 Å². The molecule has 1 unspecified atom stereocenters. The van der Waals surface area contributed by atoms with E-state index in [0.717, 1.165) is 16.5 Å². The van der Waals surface area contributed by atoms with Crippen LogP contribution in [0.2, 0.25) is 0 Å². The van der Waals surface area contributed by atoms with E-state index in [-0.39, 0.29) is 12.5 Å². The van der Waals surface area contributed by atoms with Crippen LogP contribution in [0.3, 0.4) is 0 Å². The highest BCUT2D eigenvalue weighted by Crippen LogP contribution is 2.21. The number of aliphatic hydroxyl groups excluding tert-OH is 1. The van der Waals surface area contributed by atoms with Crippen molar-refractivity contribution in [1.82, 2.24) is 0 Å². The van der Waals surface area contributed by atoms with Gasteiger partial charge in [0, 0.05) is 10.4 Å². The summed E-state index contributed by atoms with van der Waals surface area (Å²) in [4.78, 5) is 0. The zero-order valence-electron chi connectivity index (χ0n) is 7.41. The van der Waals surface area contributed by atoms with Gasteiger partial charge in [0.1, 0.15) is 0 Å². The van der Waals surface area contributed by atoms with Crippen molar-refractivity contribution in [1.29, 1.82) is 0 Å². The van der Waals surface area contributed by atoms with Gasteiger partial charge in [-0.25, -0.2) is 0 Å². The Morgan fingerprint density at radius 2 is 2.00 bits per heavy atom. The van der Waals surface area contributed by atoms with Gasteiger partial charge in [-0.3, -0.25) is 0 Å². The van der Waals surface area contributed by atoms with E-state index in [9.17, 15) is 0 Å². The normalized spacial score (nSPS) is 12.5. The van der Waals surface area contributed by atoms with Crippen molar-refractivity contribution < 1.29 is 5.11 Å². The maximum atomic E-state index is 9.12. The Morgan fingerprint density at radius 3 is 2.46 bits per heavy atom. The van der Waals surface area contributed by atoms with Crippen molar-refractivity contribution in [3.05, 3.63) is 47.0 Å². The SMILES string of the molecule is C=CCC(CO)c1ccc(Br)cc1. The Bertz CT molecular complexity index is 266. The van der Waals surface area contributed by atoms with Crippen molar-refractivity contribution in [3.63, 3.8) is 0 Å². The summed E-state index contributed by atoms with van der Waals surface area (Å²) < 4.78 is 1.06. The fourth-order valence-corrected chi connectivity index (χ4v) is 1.52. The highest BCUT2D eigenvalue weighted by molar-refractivity contribution is 9.10. The van der Waals surface area contributed by atoms with E-state index in [2.05, 4.69) is 22.5 Å². The van der Waals surface area contributed by atoms with Crippen LogP contribution in [0.15, 0.2) is 41.4 Å². The van der Waals surface area contributed by atoms with Crippen LogP contribution in [0.25, 0.3) is 0 Å². The minimum atomic E-state index is 0.174. The van der Waals surface area contributed by atoms with Gasteiger partial charge in [0.25, 0.3) is 0 Å². The van der Waals surface area contributed by atoms with E-state index in [1.165, 1.54) is 0 Å². The molecule has 0 saturated heterocycles. The third kappa shape index (κ3) is 2.98. The molecule has 1 nitrogen and oxygen atoms in total. The van der Waals surface area contributed by atoms with Crippen LogP contribution >= 0.6 is 15.9 Å². The first-order valence-electron chi connectivity index (χ1n) is 4.25. The molecule has 1 aromatic rings. The van der Waals surface area contributed by atoms with E-state index in [1.54, 1.807) is 0 Å². The molecule has 0 radical (unpaired) electrons. The summed E-state index contributed by atoms with van der Waals surface area (Å²) >= 11 is 3.37. The van der Waals surface area contributed by atoms with E-state index >= 15 is 0 Å². The van der Waals surface area contributed by atoms with Gasteiger partial charge in [0.2, 0.25) is 0 Å². The molecule has 0 saturated carbocycles. The van der Waals surface area contributed by atoms with Crippen molar-refractivity contribution in [3.8, 4) is 0 Å². The number of hydrogen-bond acceptors (Lipinski definition) is 1. The zero-order valence-corrected chi connectivity index (χ0v) is 9.00. The molecule has 1 aromatic carbocycles. The fourth-order valence-electron chi connectivity index (χ4n) is 1.25. The second-order valence-electron chi connectivity index (χ2n) is 2.96. The van der Waals surface area contributed by atoms with Crippen molar-refractivity contribution in [2.45, 2.75) is 12.3 Å². The lowest BCUT2D eigenvalue weighted by atomic mass is 9.97. The van der Waals surface area contributed by atoms with Crippen molar-refractivity contribution in [2.75, 3.05) is 6.61 Å². The van der Waals surface area contributed by atoms with E-state index < -0.39 is 0 Å². The topological polar surface area (TPSA) is 20.2 Å². The molecule has 0 aliphatic rings. The largest absolute Gasteiger partial charge is 0.396 e. The first kappa shape index (κ1) is 10.5. The molecular weight excluding hydrogens is 228 g/mol. The fraction of sp³-hybridized carbons (Fsp3) is 0.273. The van der Waals surface area contributed by atoms with Crippen LogP contribution in [-0.2, 0) is 0 Å². The second-order valence-corrected chi connectivity index (χ2v) is 3.87. The molecule has 0 heterocycles. The average molecular weight is 241 g/mol. The van der Waals surface area contributed by atoms with Crippen LogP contribution in [0, 0.1) is 0 Å². The predicted molar refractivity (Wildman–Crippen MR) is 58.8 cm³/mol. The van der Waals surface area contributed by atoms with Gasteiger partial charge in [0.05, 0.1) is 6.61 Å². The number of benzene rings is 1. The Labute approximate surface area is 87.2 Å². The highest BCUT2D eigenvalue weighted by atomic mass is 79.9. The number of halogens is 1. The smallest absolute Gasteiger partial charge is 0.0502 e. The maximum absolute atomic E-state index is 9.12. The lowest BCUT2D eigenvalue weighted by Crippen LogP contribution is -2.02. The molecule has 0 spiro atoms. The lowest BCUT2D eigenvalue weighted by Gasteiger charge is -2.11. The molecule has 0 aliphatic heterocycles. The van der Waals surface area contributed by atoms with E-state index in [4.69, 9.17) is 5.11 Å². The third-order valence-electron chi connectivity index (χ3n) is 2.01. The van der Waals surface area contributed by atoms with Crippen molar-refractivity contribution >= 4 is 15.9 Å². The number of rotatable bonds is 4. The minimum absolute atomic E-state index is 0.174. The first-order valence-corrected chi connectivity index (χ1v) is 5.04. The summed E-state index contributed by atoms with van der Waals surface area (Å²) in [5, 5.41) is 9.12. The summed E-state index contributed by atoms with van der Waals surface area (Å²) in [6, 6.07) is 8.02. The van der Waals surface area contributed by atoms with Gasteiger partial charge < -0.3 is 5.11 Å². The Morgan fingerprint density at radius 1 is 1.38 bits per heavy atom. The molecule has 0 aromatic heterocycles. The summed E-state index contributed by atoms with van der Waals surface area (Å²) in [5.74, 6) is 0.186. The molecule has 13 heavy (non-hydrogen) atoms. The van der Waals surface area contributed by atoms with Crippen LogP contribution < -0.4 is 0 Å². The molecule has 1 atom stereocenters. The molecule has 1 rings (SSSR count). The van der Waals surface area contributed by atoms with Gasteiger partial charge in [-0.1, -0.05) is 34.1 Å². The van der Waals surface area contributed by atoms with Crippen LogP contribution in [0.1, 0.15) is 17.9 Å². The van der Waals surface area contributed by atoms with Crippen molar-refractivity contribution in [2.24, 2.45) is 0 Å². The van der Waals surface area contributed by atoms with Gasteiger partial charge in [-0.2, -0.15) is 0 Å². The quantitative estimate of drug-likeness (QED) is 0.803. The Kier molecular flexibility index (Phi) is 4.19. The molecule has 1 N–H and O–H groups in total. The third-order valence-corrected chi connectivity index (χ3v) is 2.54. The molecule has 2 heteroatoms. The van der Waals surface area contributed by atoms with Gasteiger partial charge in [0.15, 0.2) is 0 Å². The maximum Gasteiger partial charge on any atom is 0.0502 e. The minimum Gasteiger partial charge on any atom is -0.396 e. The standard InChI is InChI=1S/C11H13BrO/c1-2-3-10(8-13)9-4-6-11(12)7-5-9/h2,4-7,10,13H,1,3,8H2.